The molecule has 82 valence electrons. The third-order valence-corrected chi connectivity index (χ3v) is 3.15. The van der Waals surface area contributed by atoms with Crippen molar-refractivity contribution in [1.29, 1.82) is 0 Å². The lowest BCUT2D eigenvalue weighted by Crippen LogP contribution is -2.28. The second-order valence-electron chi connectivity index (χ2n) is 4.22. The second kappa shape index (κ2) is 4.10. The van der Waals surface area contributed by atoms with Crippen LogP contribution in [-0.4, -0.2) is 11.7 Å². The molecule has 1 atom stereocenters. The molecule has 16 heavy (non-hydrogen) atoms. The Morgan fingerprint density at radius 1 is 1.31 bits per heavy atom. The molecule has 0 aliphatic heterocycles. The van der Waals surface area contributed by atoms with Crippen LogP contribution in [0.25, 0.3) is 0 Å². The molecule has 1 N–H and O–H groups in total. The Hall–Kier alpha value is -1.61. The maximum atomic E-state index is 4.78. The van der Waals surface area contributed by atoms with Crippen LogP contribution in [0.2, 0.25) is 0 Å². The van der Waals surface area contributed by atoms with Gasteiger partial charge in [0.1, 0.15) is 6.26 Å². The van der Waals surface area contributed by atoms with E-state index in [1.165, 1.54) is 17.5 Å². The van der Waals surface area contributed by atoms with Crippen LogP contribution in [0.5, 0.6) is 0 Å². The average Bonchev–Trinajstić information content (AvgIpc) is 2.77. The lowest BCUT2D eigenvalue weighted by molar-refractivity contribution is 0.407. The molecule has 0 amide bonds. The van der Waals surface area contributed by atoms with Crippen molar-refractivity contribution < 1.29 is 4.52 Å². The zero-order chi connectivity index (χ0) is 10.8. The van der Waals surface area contributed by atoms with Crippen LogP contribution < -0.4 is 5.32 Å². The Morgan fingerprint density at radius 3 is 3.06 bits per heavy atom. The molecule has 1 aromatic heterocycles. The van der Waals surface area contributed by atoms with E-state index < -0.39 is 0 Å². The summed E-state index contributed by atoms with van der Waals surface area (Å²) < 4.78 is 4.78. The minimum Gasteiger partial charge on any atom is -0.364 e. The van der Waals surface area contributed by atoms with E-state index in [-0.39, 0.29) is 0 Å². The van der Waals surface area contributed by atoms with Crippen molar-refractivity contribution in [3.63, 3.8) is 0 Å². The van der Waals surface area contributed by atoms with E-state index in [1.54, 1.807) is 6.26 Å². The van der Waals surface area contributed by atoms with Gasteiger partial charge in [0.25, 0.3) is 0 Å². The third-order valence-electron chi connectivity index (χ3n) is 3.15. The van der Waals surface area contributed by atoms with Crippen molar-refractivity contribution in [3.05, 3.63) is 53.4 Å². The molecule has 0 fully saturated rings. The maximum absolute atomic E-state index is 4.78. The number of nitrogens with one attached hydrogen (secondary N) is 1. The molecule has 1 aliphatic rings. The van der Waals surface area contributed by atoms with Crippen LogP contribution in [0.4, 0.5) is 0 Å². The summed E-state index contributed by atoms with van der Waals surface area (Å²) in [6, 6.07) is 10.5. The number of aromatic nitrogens is 1. The number of hydrogen-bond acceptors (Lipinski definition) is 3. The molecule has 0 spiro atoms. The molecule has 1 aliphatic carbocycles. The molecule has 0 saturated heterocycles. The van der Waals surface area contributed by atoms with Gasteiger partial charge in [0.2, 0.25) is 0 Å². The Kier molecular flexibility index (Phi) is 2.46. The van der Waals surface area contributed by atoms with Gasteiger partial charge in [0.05, 0.1) is 5.69 Å². The molecule has 1 unspecified atom stereocenters. The molecule has 2 aromatic rings. The van der Waals surface area contributed by atoms with Crippen molar-refractivity contribution in [2.75, 3.05) is 6.54 Å². The highest BCUT2D eigenvalue weighted by Crippen LogP contribution is 2.33. The Morgan fingerprint density at radius 2 is 2.25 bits per heavy atom. The van der Waals surface area contributed by atoms with Gasteiger partial charge in [-0.15, -0.1) is 0 Å². The second-order valence-corrected chi connectivity index (χ2v) is 4.22. The summed E-state index contributed by atoms with van der Waals surface area (Å²) in [4.78, 5) is 0. The summed E-state index contributed by atoms with van der Waals surface area (Å²) in [5.74, 6) is 0.670. The quantitative estimate of drug-likeness (QED) is 0.847. The molecular formula is C13H14N2O. The zero-order valence-corrected chi connectivity index (χ0v) is 9.02. The van der Waals surface area contributed by atoms with Gasteiger partial charge < -0.3 is 9.84 Å². The standard InChI is InChI=1S/C13H14N2O/c1-2-4-13-10(3-1)7-11(13)8-14-9-12-5-6-16-15-12/h1-6,11,14H,7-9H2. The topological polar surface area (TPSA) is 38.1 Å². The zero-order valence-electron chi connectivity index (χ0n) is 9.02. The molecule has 0 saturated carbocycles. The summed E-state index contributed by atoms with van der Waals surface area (Å²) in [6.45, 7) is 1.80. The number of hydrogen-bond donors (Lipinski definition) is 1. The van der Waals surface area contributed by atoms with Crippen LogP contribution in [-0.2, 0) is 13.0 Å². The predicted molar refractivity (Wildman–Crippen MR) is 61.1 cm³/mol. The van der Waals surface area contributed by atoms with E-state index in [9.17, 15) is 0 Å². The van der Waals surface area contributed by atoms with Gasteiger partial charge in [-0.25, -0.2) is 0 Å². The summed E-state index contributed by atoms with van der Waals surface area (Å²) in [5, 5.41) is 7.27. The van der Waals surface area contributed by atoms with Crippen molar-refractivity contribution in [2.24, 2.45) is 0 Å². The van der Waals surface area contributed by atoms with Crippen LogP contribution in [0.3, 0.4) is 0 Å². The molecule has 3 heteroatoms. The van der Waals surface area contributed by atoms with Gasteiger partial charge in [0.15, 0.2) is 0 Å². The van der Waals surface area contributed by atoms with Gasteiger partial charge in [0, 0.05) is 25.1 Å². The molecule has 0 radical (unpaired) electrons. The van der Waals surface area contributed by atoms with Crippen molar-refractivity contribution in [2.45, 2.75) is 18.9 Å². The Balaban J connectivity index is 1.52. The van der Waals surface area contributed by atoms with Gasteiger partial charge in [-0.3, -0.25) is 0 Å². The highest BCUT2D eigenvalue weighted by molar-refractivity contribution is 5.40. The van der Waals surface area contributed by atoms with Crippen LogP contribution in [0, 0.1) is 0 Å². The summed E-state index contributed by atoms with van der Waals surface area (Å²) in [5.41, 5.74) is 3.96. The van der Waals surface area contributed by atoms with Crippen molar-refractivity contribution in [3.8, 4) is 0 Å². The molecule has 3 rings (SSSR count). The fraction of sp³-hybridized carbons (Fsp3) is 0.308. The minimum atomic E-state index is 0.670. The van der Waals surface area contributed by atoms with Crippen LogP contribution >= 0.6 is 0 Å². The number of benzene rings is 1. The SMILES string of the molecule is c1ccc2c(c1)CC2CNCc1ccon1. The van der Waals surface area contributed by atoms with Gasteiger partial charge in [-0.1, -0.05) is 29.4 Å². The average molecular weight is 214 g/mol. The highest BCUT2D eigenvalue weighted by atomic mass is 16.5. The third kappa shape index (κ3) is 1.74. The molecule has 1 aromatic carbocycles. The lowest BCUT2D eigenvalue weighted by atomic mass is 9.77. The lowest BCUT2D eigenvalue weighted by Gasteiger charge is -2.30. The normalized spacial score (nSPS) is 17.9. The van der Waals surface area contributed by atoms with Crippen LogP contribution in [0.15, 0.2) is 41.1 Å². The molecule has 1 heterocycles. The number of nitrogens with zero attached hydrogens (tertiary/aromatic N) is 1. The largest absolute Gasteiger partial charge is 0.364 e. The molecule has 3 nitrogen and oxygen atoms in total. The predicted octanol–water partition coefficient (Wildman–Crippen LogP) is 2.10. The first kappa shape index (κ1) is 9.60. The number of rotatable bonds is 4. The van der Waals surface area contributed by atoms with E-state index in [1.807, 2.05) is 6.07 Å². The first-order chi connectivity index (χ1) is 7.93. The highest BCUT2D eigenvalue weighted by Gasteiger charge is 2.24. The van der Waals surface area contributed by atoms with Gasteiger partial charge in [-0.05, 0) is 17.5 Å². The van der Waals surface area contributed by atoms with E-state index in [2.05, 4.69) is 34.7 Å². The minimum absolute atomic E-state index is 0.670. The van der Waals surface area contributed by atoms with E-state index in [4.69, 9.17) is 4.52 Å². The first-order valence-corrected chi connectivity index (χ1v) is 5.61. The van der Waals surface area contributed by atoms with E-state index >= 15 is 0 Å². The van der Waals surface area contributed by atoms with Crippen LogP contribution in [0.1, 0.15) is 22.7 Å². The Bertz CT molecular complexity index is 465. The number of fused-ring (bicyclic) bond motifs is 1. The fourth-order valence-electron chi connectivity index (χ4n) is 2.25. The monoisotopic (exact) mass is 214 g/mol. The first-order valence-electron chi connectivity index (χ1n) is 5.61. The fourth-order valence-corrected chi connectivity index (χ4v) is 2.25. The van der Waals surface area contributed by atoms with Gasteiger partial charge in [-0.2, -0.15) is 0 Å². The van der Waals surface area contributed by atoms with Gasteiger partial charge >= 0.3 is 0 Å². The van der Waals surface area contributed by atoms with E-state index in [0.29, 0.717) is 5.92 Å². The molecule has 0 bridgehead atoms. The van der Waals surface area contributed by atoms with E-state index in [0.717, 1.165) is 18.8 Å². The molecular weight excluding hydrogens is 200 g/mol. The summed E-state index contributed by atoms with van der Waals surface area (Å²) >= 11 is 0. The summed E-state index contributed by atoms with van der Waals surface area (Å²) in [6.07, 6.45) is 2.80. The maximum Gasteiger partial charge on any atom is 0.124 e. The smallest absolute Gasteiger partial charge is 0.124 e. The van der Waals surface area contributed by atoms with Crippen molar-refractivity contribution in [1.82, 2.24) is 10.5 Å². The Labute approximate surface area is 94.5 Å². The summed E-state index contributed by atoms with van der Waals surface area (Å²) in [7, 11) is 0. The van der Waals surface area contributed by atoms with Crippen molar-refractivity contribution >= 4 is 0 Å².